The van der Waals surface area contributed by atoms with Gasteiger partial charge in [-0.2, -0.15) is 0 Å². The number of nitrogens with zero attached hydrogens (tertiary/aromatic N) is 2. The summed E-state index contributed by atoms with van der Waals surface area (Å²) >= 11 is 6.29. The van der Waals surface area contributed by atoms with Crippen LogP contribution in [0.25, 0.3) is 0 Å². The molecule has 2 aromatic carbocycles. The third-order valence-corrected chi connectivity index (χ3v) is 7.03. The molecule has 2 heterocycles. The maximum Gasteiger partial charge on any atom is 0.547 e. The molecule has 0 radical (unpaired) electrons. The summed E-state index contributed by atoms with van der Waals surface area (Å²) in [6.45, 7) is 1.89. The monoisotopic (exact) mass is 586 g/mol. The summed E-state index contributed by atoms with van der Waals surface area (Å²) in [6, 6.07) is 5.10. The van der Waals surface area contributed by atoms with Gasteiger partial charge < -0.3 is 35.4 Å². The van der Waals surface area contributed by atoms with Crippen molar-refractivity contribution in [3.05, 3.63) is 63.7 Å². The number of aromatic carboxylic acids is 2. The van der Waals surface area contributed by atoms with Gasteiger partial charge in [-0.3, -0.25) is 19.3 Å². The Morgan fingerprint density at radius 1 is 1.10 bits per heavy atom. The molecule has 0 unspecified atom stereocenters. The minimum absolute atomic E-state index is 0.0340. The van der Waals surface area contributed by atoms with Crippen LogP contribution in [0.1, 0.15) is 44.8 Å². The molecule has 0 aromatic heterocycles. The zero-order chi connectivity index (χ0) is 30.0. The second-order valence-corrected chi connectivity index (χ2v) is 9.60. The van der Waals surface area contributed by atoms with E-state index < -0.39 is 54.8 Å². The second kappa shape index (κ2) is 11.9. The molecule has 2 aliphatic heterocycles. The molecule has 16 heteroatoms. The molecule has 5 amide bonds. The zero-order valence-corrected chi connectivity index (χ0v) is 22.3. The Kier molecular flexibility index (Phi) is 8.49. The predicted octanol–water partition coefficient (Wildman–Crippen LogP) is 0.317. The number of nitrogens with one attached hydrogen (secondary N) is 2. The van der Waals surface area contributed by atoms with Crippen LogP contribution in [0.3, 0.4) is 0 Å². The van der Waals surface area contributed by atoms with E-state index in [1.54, 1.807) is 13.0 Å². The number of benzene rings is 2. The minimum atomic E-state index is -1.67. The number of fused-ring (bicyclic) bond motifs is 1. The Bertz CT molecular complexity index is 1450. The number of carbonyl (C=O) groups is 6. The second-order valence-electron chi connectivity index (χ2n) is 9.19. The summed E-state index contributed by atoms with van der Waals surface area (Å²) in [5.74, 6) is -6.62. The third kappa shape index (κ3) is 5.95. The number of halogens is 1. The van der Waals surface area contributed by atoms with Crippen LogP contribution in [-0.2, 0) is 20.8 Å². The Morgan fingerprint density at radius 3 is 2.46 bits per heavy atom. The van der Waals surface area contributed by atoms with E-state index in [1.165, 1.54) is 23.1 Å². The summed E-state index contributed by atoms with van der Waals surface area (Å²) in [6.07, 6.45) is -0.0400. The number of carboxylic acids is 2. The number of para-hydroxylation sites is 1. The lowest BCUT2D eigenvalue weighted by Gasteiger charge is -2.33. The van der Waals surface area contributed by atoms with Gasteiger partial charge >= 0.3 is 36.9 Å². The molecule has 0 bridgehead atoms. The number of amides is 5. The molecule has 0 aliphatic carbocycles. The van der Waals surface area contributed by atoms with E-state index in [9.17, 15) is 44.0 Å². The fourth-order valence-corrected chi connectivity index (χ4v) is 4.82. The van der Waals surface area contributed by atoms with Crippen molar-refractivity contribution in [3.63, 3.8) is 0 Å². The smallest absolute Gasteiger partial charge is 0.534 e. The fourth-order valence-electron chi connectivity index (χ4n) is 4.53. The number of rotatable bonds is 7. The molecular formula is C25H24BClN4O10. The summed E-state index contributed by atoms with van der Waals surface area (Å²) in [7, 11) is -1.67. The molecule has 41 heavy (non-hydrogen) atoms. The molecule has 2 atom stereocenters. The average molecular weight is 587 g/mol. The van der Waals surface area contributed by atoms with Crippen molar-refractivity contribution < 1.29 is 48.7 Å². The molecule has 1 saturated heterocycles. The number of carbonyl (C=O) groups excluding carboxylic acids is 4. The first-order chi connectivity index (χ1) is 19.4. The van der Waals surface area contributed by atoms with E-state index in [2.05, 4.69) is 10.6 Å². The van der Waals surface area contributed by atoms with Crippen LogP contribution in [-0.4, -0.2) is 93.4 Å². The first-order valence-electron chi connectivity index (χ1n) is 12.4. The summed E-state index contributed by atoms with van der Waals surface area (Å²) in [5, 5.41) is 34.0. The SMILES string of the molecule is CCN1CCN(C(=O)N[C@H](C(=O)N[C@H]2Cc3cccc(C(=O)O)c3OB2O)c2ccc(C(=O)O)cc2Cl)C(=O)C1=O. The molecule has 4 rings (SSSR count). The van der Waals surface area contributed by atoms with Crippen molar-refractivity contribution in [1.29, 1.82) is 0 Å². The highest BCUT2D eigenvalue weighted by atomic mass is 35.5. The van der Waals surface area contributed by atoms with Crippen molar-refractivity contribution in [2.75, 3.05) is 19.6 Å². The van der Waals surface area contributed by atoms with E-state index in [0.29, 0.717) is 10.5 Å². The third-order valence-electron chi connectivity index (χ3n) is 6.70. The standard InChI is InChI=1S/C25H24BClN4O10/c1-2-30-8-9-31(22(34)21(30)33)25(39)29-18(14-7-6-13(23(35)36)10-16(14)27)20(32)28-17-11-12-4-3-5-15(24(37)38)19(12)41-26(17)40/h3-7,10,17-18,40H,2,8-9,11H2,1H3,(H,28,32)(H,29,39)(H,35,36)(H,37,38)/t17-,18-/m0/s1. The number of piperazine rings is 1. The summed E-state index contributed by atoms with van der Waals surface area (Å²) in [4.78, 5) is 76.3. The molecule has 0 saturated carbocycles. The lowest BCUT2D eigenvalue weighted by atomic mass is 9.72. The van der Waals surface area contributed by atoms with Crippen LogP contribution < -0.4 is 15.3 Å². The van der Waals surface area contributed by atoms with Gasteiger partial charge in [0.05, 0.1) is 17.1 Å². The highest BCUT2D eigenvalue weighted by Gasteiger charge is 2.41. The highest BCUT2D eigenvalue weighted by Crippen LogP contribution is 2.31. The van der Waals surface area contributed by atoms with Gasteiger partial charge in [-0.05, 0) is 37.1 Å². The summed E-state index contributed by atoms with van der Waals surface area (Å²) < 4.78 is 5.40. The number of imide groups is 1. The number of hydrogen-bond donors (Lipinski definition) is 5. The van der Waals surface area contributed by atoms with Crippen molar-refractivity contribution in [1.82, 2.24) is 20.4 Å². The van der Waals surface area contributed by atoms with E-state index in [0.717, 1.165) is 12.1 Å². The van der Waals surface area contributed by atoms with Gasteiger partial charge in [0.25, 0.3) is 0 Å². The fraction of sp³-hybridized carbons (Fsp3) is 0.280. The Hall–Kier alpha value is -4.63. The van der Waals surface area contributed by atoms with Gasteiger partial charge in [-0.25, -0.2) is 14.4 Å². The molecule has 214 valence electrons. The zero-order valence-electron chi connectivity index (χ0n) is 21.5. The van der Waals surface area contributed by atoms with Gasteiger partial charge in [-0.15, -0.1) is 0 Å². The molecule has 14 nitrogen and oxygen atoms in total. The van der Waals surface area contributed by atoms with E-state index in [1.807, 2.05) is 0 Å². The molecule has 0 spiro atoms. The van der Waals surface area contributed by atoms with E-state index in [4.69, 9.17) is 16.3 Å². The highest BCUT2D eigenvalue weighted by molar-refractivity contribution is 6.47. The molecule has 5 N–H and O–H groups in total. The number of carboxylic acid groups (broad SMARTS) is 2. The molecular weight excluding hydrogens is 563 g/mol. The first kappa shape index (κ1) is 29.4. The summed E-state index contributed by atoms with van der Waals surface area (Å²) in [5.41, 5.74) is -0.0112. The normalized spacial score (nSPS) is 17.3. The van der Waals surface area contributed by atoms with Crippen LogP contribution >= 0.6 is 11.6 Å². The molecule has 1 fully saturated rings. The van der Waals surface area contributed by atoms with Gasteiger partial charge in [0, 0.05) is 30.2 Å². The Morgan fingerprint density at radius 2 is 1.83 bits per heavy atom. The van der Waals surface area contributed by atoms with Crippen molar-refractivity contribution in [2.24, 2.45) is 0 Å². The van der Waals surface area contributed by atoms with Gasteiger partial charge in [0.15, 0.2) is 0 Å². The van der Waals surface area contributed by atoms with Crippen LogP contribution in [0.15, 0.2) is 36.4 Å². The van der Waals surface area contributed by atoms with Crippen LogP contribution in [0.2, 0.25) is 5.02 Å². The largest absolute Gasteiger partial charge is 0.547 e. The van der Waals surface area contributed by atoms with Crippen molar-refractivity contribution >= 4 is 54.4 Å². The Labute approximate surface area is 238 Å². The van der Waals surface area contributed by atoms with Crippen molar-refractivity contribution in [2.45, 2.75) is 25.3 Å². The quantitative estimate of drug-likeness (QED) is 0.222. The number of hydrogen-bond acceptors (Lipinski definition) is 8. The van der Waals surface area contributed by atoms with Crippen molar-refractivity contribution in [3.8, 4) is 5.75 Å². The van der Waals surface area contributed by atoms with Gasteiger partial charge in [0.1, 0.15) is 11.8 Å². The van der Waals surface area contributed by atoms with Crippen LogP contribution in [0.4, 0.5) is 4.79 Å². The number of urea groups is 1. The topological polar surface area (TPSA) is 203 Å². The lowest BCUT2D eigenvalue weighted by molar-refractivity contribution is -0.153. The molecule has 2 aliphatic rings. The number of likely N-dealkylation sites (N-methyl/N-ethyl adjacent to an activating group) is 1. The lowest BCUT2D eigenvalue weighted by Crippen LogP contribution is -2.60. The maximum absolute atomic E-state index is 13.5. The Balaban J connectivity index is 1.61. The van der Waals surface area contributed by atoms with Gasteiger partial charge in [-0.1, -0.05) is 29.8 Å². The minimum Gasteiger partial charge on any atom is -0.534 e. The van der Waals surface area contributed by atoms with Gasteiger partial charge in [0.2, 0.25) is 5.91 Å². The maximum atomic E-state index is 13.5. The first-order valence-corrected chi connectivity index (χ1v) is 12.7. The van der Waals surface area contributed by atoms with E-state index in [-0.39, 0.29) is 53.5 Å². The molecule has 2 aromatic rings. The van der Waals surface area contributed by atoms with Crippen LogP contribution in [0.5, 0.6) is 5.75 Å². The predicted molar refractivity (Wildman–Crippen MR) is 141 cm³/mol. The van der Waals surface area contributed by atoms with Crippen LogP contribution in [0, 0.1) is 0 Å². The average Bonchev–Trinajstić information content (AvgIpc) is 2.93. The van der Waals surface area contributed by atoms with E-state index >= 15 is 0 Å².